The highest BCUT2D eigenvalue weighted by atomic mass is 16.5. The minimum Gasteiger partial charge on any atom is -0.493 e. The van der Waals surface area contributed by atoms with Crippen LogP contribution in [0.5, 0.6) is 11.5 Å². The van der Waals surface area contributed by atoms with Gasteiger partial charge in [0.25, 0.3) is 0 Å². The van der Waals surface area contributed by atoms with Gasteiger partial charge in [-0.2, -0.15) is 0 Å². The zero-order valence-corrected chi connectivity index (χ0v) is 18.9. The van der Waals surface area contributed by atoms with Crippen LogP contribution in [0.15, 0.2) is 30.4 Å². The first-order chi connectivity index (χ1) is 15.5. The highest BCUT2D eigenvalue weighted by Gasteiger charge is 2.59. The molecule has 2 bridgehead atoms. The summed E-state index contributed by atoms with van der Waals surface area (Å²) < 4.78 is 11.3. The minimum atomic E-state index is -0.411. The standard InChI is InChI=1S/C24H31N3O5/c1-4-26(5-2)10-11-32-19-13-17(8-9-18(19)31-3)25-20(28)14-27-23(29)21-15-6-7-16(12-15)22(21)24(27)30/h6-9,13,15-16,21-22H,4-5,10-12,14H2,1-3H3,(H,25,28). The van der Waals surface area contributed by atoms with Crippen molar-refractivity contribution in [2.75, 3.05) is 45.2 Å². The fourth-order valence-electron chi connectivity index (χ4n) is 5.16. The van der Waals surface area contributed by atoms with Gasteiger partial charge in [0.2, 0.25) is 17.7 Å². The maximum absolute atomic E-state index is 12.8. The highest BCUT2D eigenvalue weighted by Crippen LogP contribution is 2.52. The summed E-state index contributed by atoms with van der Waals surface area (Å²) in [7, 11) is 1.56. The van der Waals surface area contributed by atoms with E-state index >= 15 is 0 Å². The molecular weight excluding hydrogens is 410 g/mol. The first kappa shape index (κ1) is 22.3. The summed E-state index contributed by atoms with van der Waals surface area (Å²) in [5.41, 5.74) is 0.523. The van der Waals surface area contributed by atoms with Gasteiger partial charge in [0, 0.05) is 18.3 Å². The predicted octanol–water partition coefficient (Wildman–Crippen LogP) is 2.16. The number of anilines is 1. The Morgan fingerprint density at radius 1 is 1.09 bits per heavy atom. The molecule has 3 amide bonds. The molecule has 0 radical (unpaired) electrons. The normalized spacial score (nSPS) is 25.6. The molecule has 3 aliphatic rings. The lowest BCUT2D eigenvalue weighted by molar-refractivity contribution is -0.143. The molecule has 0 aromatic heterocycles. The quantitative estimate of drug-likeness (QED) is 0.442. The number of imide groups is 1. The number of nitrogens with zero attached hydrogens (tertiary/aromatic N) is 2. The van der Waals surface area contributed by atoms with Gasteiger partial charge < -0.3 is 19.7 Å². The van der Waals surface area contributed by atoms with Crippen molar-refractivity contribution in [3.05, 3.63) is 30.4 Å². The number of benzene rings is 1. The molecular formula is C24H31N3O5. The molecule has 32 heavy (non-hydrogen) atoms. The molecule has 1 aliphatic heterocycles. The van der Waals surface area contributed by atoms with Crippen LogP contribution in [0, 0.1) is 23.7 Å². The van der Waals surface area contributed by atoms with E-state index in [1.807, 2.05) is 12.2 Å². The van der Waals surface area contributed by atoms with Crippen LogP contribution in [0.2, 0.25) is 0 Å². The first-order valence-electron chi connectivity index (χ1n) is 11.3. The number of hydrogen-bond donors (Lipinski definition) is 1. The van der Waals surface area contributed by atoms with Crippen LogP contribution < -0.4 is 14.8 Å². The Hall–Kier alpha value is -2.87. The van der Waals surface area contributed by atoms with Crippen LogP contribution in [0.1, 0.15) is 20.3 Å². The van der Waals surface area contributed by atoms with E-state index in [2.05, 4.69) is 24.1 Å². The van der Waals surface area contributed by atoms with Gasteiger partial charge in [-0.15, -0.1) is 0 Å². The van der Waals surface area contributed by atoms with Crippen LogP contribution in [-0.4, -0.2) is 67.4 Å². The number of likely N-dealkylation sites (tertiary alicyclic amines) is 1. The molecule has 4 atom stereocenters. The minimum absolute atomic E-state index is 0.132. The van der Waals surface area contributed by atoms with Gasteiger partial charge in [-0.1, -0.05) is 26.0 Å². The van der Waals surface area contributed by atoms with Crippen molar-refractivity contribution in [3.8, 4) is 11.5 Å². The van der Waals surface area contributed by atoms with Crippen LogP contribution in [-0.2, 0) is 14.4 Å². The maximum Gasteiger partial charge on any atom is 0.244 e. The molecule has 1 saturated heterocycles. The van der Waals surface area contributed by atoms with E-state index in [4.69, 9.17) is 9.47 Å². The third-order valence-electron chi connectivity index (χ3n) is 6.87. The summed E-state index contributed by atoms with van der Waals surface area (Å²) in [5, 5.41) is 2.78. The van der Waals surface area contributed by atoms with Gasteiger partial charge >= 0.3 is 0 Å². The Balaban J connectivity index is 1.37. The second-order valence-corrected chi connectivity index (χ2v) is 8.55. The van der Waals surface area contributed by atoms with Gasteiger partial charge in [0.05, 0.1) is 18.9 Å². The summed E-state index contributed by atoms with van der Waals surface area (Å²) in [6, 6.07) is 5.13. The van der Waals surface area contributed by atoms with Crippen molar-refractivity contribution in [2.45, 2.75) is 20.3 Å². The Kier molecular flexibility index (Phi) is 6.50. The fourth-order valence-corrected chi connectivity index (χ4v) is 5.16. The molecule has 2 fully saturated rings. The van der Waals surface area contributed by atoms with Crippen molar-refractivity contribution in [1.82, 2.24) is 9.80 Å². The van der Waals surface area contributed by atoms with Gasteiger partial charge in [-0.3, -0.25) is 19.3 Å². The lowest BCUT2D eigenvalue weighted by atomic mass is 9.85. The average molecular weight is 442 g/mol. The summed E-state index contributed by atoms with van der Waals surface area (Å²) in [4.78, 5) is 41.6. The van der Waals surface area contributed by atoms with Gasteiger partial charge in [0.15, 0.2) is 11.5 Å². The number of nitrogens with one attached hydrogen (secondary N) is 1. The van der Waals surface area contributed by atoms with Crippen LogP contribution in [0.3, 0.4) is 0 Å². The monoisotopic (exact) mass is 441 g/mol. The second kappa shape index (κ2) is 9.32. The molecule has 1 aromatic carbocycles. The van der Waals surface area contributed by atoms with Crippen molar-refractivity contribution in [1.29, 1.82) is 0 Å². The lowest BCUT2D eigenvalue weighted by Crippen LogP contribution is -2.39. The van der Waals surface area contributed by atoms with Crippen molar-refractivity contribution in [3.63, 3.8) is 0 Å². The molecule has 1 N–H and O–H groups in total. The average Bonchev–Trinajstić information content (AvgIpc) is 3.47. The third kappa shape index (κ3) is 4.11. The van der Waals surface area contributed by atoms with Crippen molar-refractivity contribution >= 4 is 23.4 Å². The number of carbonyl (C=O) groups excluding carboxylic acids is 3. The molecule has 0 spiro atoms. The third-order valence-corrected chi connectivity index (χ3v) is 6.87. The van der Waals surface area contributed by atoms with E-state index in [1.54, 1.807) is 25.3 Å². The van der Waals surface area contributed by atoms with Crippen molar-refractivity contribution in [2.24, 2.45) is 23.7 Å². The Morgan fingerprint density at radius 2 is 1.75 bits per heavy atom. The number of carbonyl (C=O) groups is 3. The lowest BCUT2D eigenvalue weighted by Gasteiger charge is -2.19. The Bertz CT molecular complexity index is 896. The number of rotatable bonds is 10. The Labute approximate surface area is 188 Å². The van der Waals surface area contributed by atoms with E-state index in [1.165, 1.54) is 0 Å². The molecule has 1 heterocycles. The highest BCUT2D eigenvalue weighted by molar-refractivity contribution is 6.09. The van der Waals surface area contributed by atoms with E-state index in [0.717, 1.165) is 31.0 Å². The summed E-state index contributed by atoms with van der Waals surface area (Å²) in [6.07, 6.45) is 4.95. The molecule has 1 aromatic rings. The van der Waals surface area contributed by atoms with Gasteiger partial charge in [0.1, 0.15) is 13.2 Å². The first-order valence-corrected chi connectivity index (χ1v) is 11.3. The van der Waals surface area contributed by atoms with Crippen molar-refractivity contribution < 1.29 is 23.9 Å². The number of amides is 3. The van der Waals surface area contributed by atoms with Crippen LogP contribution in [0.4, 0.5) is 5.69 Å². The van der Waals surface area contributed by atoms with E-state index in [9.17, 15) is 14.4 Å². The zero-order chi connectivity index (χ0) is 22.8. The molecule has 4 rings (SSSR count). The summed E-state index contributed by atoms with van der Waals surface area (Å²) >= 11 is 0. The van der Waals surface area contributed by atoms with Crippen LogP contribution in [0.25, 0.3) is 0 Å². The molecule has 4 unspecified atom stereocenters. The van der Waals surface area contributed by atoms with E-state index in [0.29, 0.717) is 23.8 Å². The SMILES string of the molecule is CCN(CC)CCOc1cc(NC(=O)CN2C(=O)C3C4C=CC(C4)C3C2=O)ccc1OC. The maximum atomic E-state index is 12.8. The molecule has 172 valence electrons. The van der Waals surface area contributed by atoms with E-state index < -0.39 is 5.91 Å². The molecule has 2 aliphatic carbocycles. The molecule has 1 saturated carbocycles. The van der Waals surface area contributed by atoms with Gasteiger partial charge in [-0.25, -0.2) is 0 Å². The zero-order valence-electron chi connectivity index (χ0n) is 18.9. The Morgan fingerprint density at radius 3 is 2.34 bits per heavy atom. The fraction of sp³-hybridized carbons (Fsp3) is 0.542. The number of methoxy groups -OCH3 is 1. The van der Waals surface area contributed by atoms with E-state index in [-0.39, 0.29) is 42.0 Å². The topological polar surface area (TPSA) is 88.2 Å². The summed E-state index contributed by atoms with van der Waals surface area (Å²) in [6.45, 7) is 7.10. The number of allylic oxidation sites excluding steroid dienone is 2. The smallest absolute Gasteiger partial charge is 0.244 e. The summed E-state index contributed by atoms with van der Waals surface area (Å²) in [5.74, 6) is -0.0738. The number of fused-ring (bicyclic) bond motifs is 5. The number of ether oxygens (including phenoxy) is 2. The molecule has 8 heteroatoms. The number of hydrogen-bond acceptors (Lipinski definition) is 6. The largest absolute Gasteiger partial charge is 0.493 e. The number of likely N-dealkylation sites (N-methyl/N-ethyl adjacent to an activating group) is 1. The molecule has 8 nitrogen and oxygen atoms in total. The second-order valence-electron chi connectivity index (χ2n) is 8.55. The predicted molar refractivity (Wildman–Crippen MR) is 119 cm³/mol. The van der Waals surface area contributed by atoms with Gasteiger partial charge in [-0.05, 0) is 43.5 Å². The van der Waals surface area contributed by atoms with Crippen LogP contribution >= 0.6 is 0 Å².